The van der Waals surface area contributed by atoms with E-state index in [2.05, 4.69) is 4.99 Å². The number of hydrogen-bond acceptors (Lipinski definition) is 5. The van der Waals surface area contributed by atoms with Crippen molar-refractivity contribution in [3.05, 3.63) is 52.3 Å². The van der Waals surface area contributed by atoms with Gasteiger partial charge in [-0.05, 0) is 56.2 Å². The van der Waals surface area contributed by atoms with Crippen LogP contribution in [0.2, 0.25) is 5.02 Å². The average Bonchev–Trinajstić information content (AvgIpc) is 3.16. The van der Waals surface area contributed by atoms with Crippen LogP contribution in [0.25, 0.3) is 10.2 Å². The summed E-state index contributed by atoms with van der Waals surface area (Å²) in [7, 11) is -2.08. The number of methoxy groups -OCH3 is 1. The summed E-state index contributed by atoms with van der Waals surface area (Å²) in [4.78, 5) is 18.3. The number of aromatic nitrogens is 1. The molecule has 4 rings (SSSR count). The third-order valence-corrected chi connectivity index (χ3v) is 8.77. The van der Waals surface area contributed by atoms with Crippen LogP contribution in [0, 0.1) is 5.92 Å². The number of carbonyl (C=O) groups is 1. The summed E-state index contributed by atoms with van der Waals surface area (Å²) in [5.41, 5.74) is 0.907. The van der Waals surface area contributed by atoms with Crippen LogP contribution in [0.4, 0.5) is 0 Å². The van der Waals surface area contributed by atoms with Crippen molar-refractivity contribution < 1.29 is 17.9 Å². The first-order chi connectivity index (χ1) is 15.3. The number of carbonyl (C=O) groups excluding carboxylic acids is 1. The van der Waals surface area contributed by atoms with Crippen molar-refractivity contribution in [2.45, 2.75) is 31.2 Å². The van der Waals surface area contributed by atoms with Gasteiger partial charge in [0.1, 0.15) is 11.3 Å². The fraction of sp³-hybridized carbons (Fsp3) is 0.364. The highest BCUT2D eigenvalue weighted by atomic mass is 35.5. The zero-order valence-electron chi connectivity index (χ0n) is 17.8. The van der Waals surface area contributed by atoms with Crippen molar-refractivity contribution in [2.75, 3.05) is 20.2 Å². The molecule has 0 radical (unpaired) electrons. The van der Waals surface area contributed by atoms with Gasteiger partial charge in [-0.15, -0.1) is 0 Å². The Morgan fingerprint density at radius 3 is 2.69 bits per heavy atom. The van der Waals surface area contributed by atoms with E-state index >= 15 is 0 Å². The minimum Gasteiger partial charge on any atom is -0.495 e. The van der Waals surface area contributed by atoms with Gasteiger partial charge >= 0.3 is 0 Å². The number of hydrogen-bond donors (Lipinski definition) is 0. The SMILES string of the molecule is CCn1c(=NC(=O)C2CCCN(S(=O)(=O)c3ccc(Cl)cc3)C2)sc2cccc(OC)c21. The van der Waals surface area contributed by atoms with E-state index in [1.165, 1.54) is 27.8 Å². The Hall–Kier alpha value is -2.20. The summed E-state index contributed by atoms with van der Waals surface area (Å²) >= 11 is 7.31. The summed E-state index contributed by atoms with van der Waals surface area (Å²) in [6.45, 7) is 3.12. The van der Waals surface area contributed by atoms with E-state index in [1.54, 1.807) is 19.2 Å². The maximum Gasteiger partial charge on any atom is 0.252 e. The lowest BCUT2D eigenvalue weighted by Gasteiger charge is -2.30. The molecule has 0 spiro atoms. The van der Waals surface area contributed by atoms with Gasteiger partial charge in [0.2, 0.25) is 10.0 Å². The van der Waals surface area contributed by atoms with Crippen molar-refractivity contribution in [3.63, 3.8) is 0 Å². The van der Waals surface area contributed by atoms with Crippen LogP contribution < -0.4 is 9.54 Å². The third-order valence-electron chi connectivity index (χ3n) is 5.59. The molecule has 1 atom stereocenters. The molecule has 32 heavy (non-hydrogen) atoms. The van der Waals surface area contributed by atoms with Crippen LogP contribution in [0.15, 0.2) is 52.4 Å². The van der Waals surface area contributed by atoms with Crippen LogP contribution in [-0.2, 0) is 21.4 Å². The zero-order chi connectivity index (χ0) is 22.9. The van der Waals surface area contributed by atoms with Crippen molar-refractivity contribution in [1.29, 1.82) is 0 Å². The van der Waals surface area contributed by atoms with E-state index in [9.17, 15) is 13.2 Å². The predicted octanol–water partition coefficient (Wildman–Crippen LogP) is 3.91. The number of para-hydroxylation sites is 1. The summed E-state index contributed by atoms with van der Waals surface area (Å²) < 4.78 is 35.9. The maximum absolute atomic E-state index is 13.1. The first-order valence-corrected chi connectivity index (χ1v) is 13.0. The van der Waals surface area contributed by atoms with Crippen LogP contribution in [0.1, 0.15) is 19.8 Å². The number of fused-ring (bicyclic) bond motifs is 1. The number of ether oxygens (including phenoxy) is 1. The molecule has 3 aromatic rings. The summed E-state index contributed by atoms with van der Waals surface area (Å²) in [6.07, 6.45) is 1.21. The molecule has 1 aromatic heterocycles. The number of piperidine rings is 1. The van der Waals surface area contributed by atoms with Gasteiger partial charge in [-0.25, -0.2) is 8.42 Å². The highest BCUT2D eigenvalue weighted by Crippen LogP contribution is 2.28. The molecule has 0 aliphatic carbocycles. The van der Waals surface area contributed by atoms with Gasteiger partial charge in [0.25, 0.3) is 5.91 Å². The van der Waals surface area contributed by atoms with Gasteiger partial charge in [0.15, 0.2) is 4.80 Å². The van der Waals surface area contributed by atoms with Gasteiger partial charge < -0.3 is 9.30 Å². The Bertz CT molecular complexity index is 1310. The van der Waals surface area contributed by atoms with Gasteiger partial charge in [-0.1, -0.05) is 29.0 Å². The third kappa shape index (κ3) is 4.34. The normalized spacial score (nSPS) is 18.2. The molecule has 1 aliphatic rings. The molecule has 1 saturated heterocycles. The molecule has 1 fully saturated rings. The number of thiazole rings is 1. The van der Waals surface area contributed by atoms with E-state index in [0.29, 0.717) is 35.8 Å². The van der Waals surface area contributed by atoms with E-state index in [-0.39, 0.29) is 17.3 Å². The first-order valence-electron chi connectivity index (χ1n) is 10.4. The lowest BCUT2D eigenvalue weighted by atomic mass is 9.99. The van der Waals surface area contributed by atoms with E-state index in [0.717, 1.165) is 16.0 Å². The molecule has 7 nitrogen and oxygen atoms in total. The molecule has 0 N–H and O–H groups in total. The number of sulfonamides is 1. The van der Waals surface area contributed by atoms with Crippen LogP contribution >= 0.6 is 22.9 Å². The molecule has 1 amide bonds. The molecule has 1 unspecified atom stereocenters. The number of aryl methyl sites for hydroxylation is 1. The fourth-order valence-corrected chi connectivity index (χ4v) is 6.71. The highest BCUT2D eigenvalue weighted by Gasteiger charge is 2.33. The van der Waals surface area contributed by atoms with Crippen molar-refractivity contribution >= 4 is 49.1 Å². The second kappa shape index (κ2) is 9.35. The molecular weight excluding hydrogens is 470 g/mol. The number of nitrogens with zero attached hydrogens (tertiary/aromatic N) is 3. The molecule has 2 heterocycles. The first kappa shape index (κ1) is 23.0. The number of amides is 1. The molecule has 2 aromatic carbocycles. The van der Waals surface area contributed by atoms with Crippen molar-refractivity contribution in [2.24, 2.45) is 10.9 Å². The molecule has 1 aliphatic heterocycles. The highest BCUT2D eigenvalue weighted by molar-refractivity contribution is 7.89. The fourth-order valence-electron chi connectivity index (χ4n) is 3.94. The number of benzene rings is 2. The Balaban J connectivity index is 1.63. The van der Waals surface area contributed by atoms with E-state index < -0.39 is 15.9 Å². The molecular formula is C22H24ClN3O4S2. The van der Waals surface area contributed by atoms with E-state index in [1.807, 2.05) is 29.7 Å². The second-order valence-corrected chi connectivity index (χ2v) is 10.9. The topological polar surface area (TPSA) is 81.0 Å². The van der Waals surface area contributed by atoms with Gasteiger partial charge in [-0.3, -0.25) is 4.79 Å². The quantitative estimate of drug-likeness (QED) is 0.539. The Kier molecular flexibility index (Phi) is 6.71. The lowest BCUT2D eigenvalue weighted by Crippen LogP contribution is -2.42. The lowest BCUT2D eigenvalue weighted by molar-refractivity contribution is -0.122. The Morgan fingerprint density at radius 1 is 1.25 bits per heavy atom. The van der Waals surface area contributed by atoms with Crippen LogP contribution in [0.5, 0.6) is 5.75 Å². The zero-order valence-corrected chi connectivity index (χ0v) is 20.2. The van der Waals surface area contributed by atoms with Crippen LogP contribution in [0.3, 0.4) is 0 Å². The smallest absolute Gasteiger partial charge is 0.252 e. The molecule has 10 heteroatoms. The monoisotopic (exact) mass is 493 g/mol. The molecule has 0 bridgehead atoms. The number of halogens is 1. The van der Waals surface area contributed by atoms with Gasteiger partial charge in [0.05, 0.1) is 22.6 Å². The largest absolute Gasteiger partial charge is 0.495 e. The van der Waals surface area contributed by atoms with Gasteiger partial charge in [-0.2, -0.15) is 9.30 Å². The van der Waals surface area contributed by atoms with Crippen LogP contribution in [-0.4, -0.2) is 43.4 Å². The number of rotatable bonds is 5. The summed E-state index contributed by atoms with van der Waals surface area (Å²) in [5.74, 6) is -0.0515. The van der Waals surface area contributed by atoms with Gasteiger partial charge in [0, 0.05) is 24.7 Å². The predicted molar refractivity (Wildman–Crippen MR) is 126 cm³/mol. The van der Waals surface area contributed by atoms with Crippen molar-refractivity contribution in [3.8, 4) is 5.75 Å². The second-order valence-electron chi connectivity index (χ2n) is 7.54. The van der Waals surface area contributed by atoms with Crippen molar-refractivity contribution in [1.82, 2.24) is 8.87 Å². The summed E-state index contributed by atoms with van der Waals surface area (Å²) in [5, 5.41) is 0.471. The molecule has 0 saturated carbocycles. The van der Waals surface area contributed by atoms with E-state index in [4.69, 9.17) is 16.3 Å². The molecule has 170 valence electrons. The average molecular weight is 494 g/mol. The Labute approximate surface area is 196 Å². The maximum atomic E-state index is 13.1. The minimum atomic E-state index is -3.70. The summed E-state index contributed by atoms with van der Waals surface area (Å²) in [6, 6.07) is 11.8. The standard InChI is InChI=1S/C22H24ClN3O4S2/c1-3-26-20-18(30-2)7-4-8-19(20)31-22(26)24-21(27)15-6-5-13-25(14-15)32(28,29)17-11-9-16(23)10-12-17/h4,7-12,15H,3,5-6,13-14H2,1-2H3. The minimum absolute atomic E-state index is 0.119. The Morgan fingerprint density at radius 2 is 2.00 bits per heavy atom.